The summed E-state index contributed by atoms with van der Waals surface area (Å²) in [5, 5.41) is 12.6. The summed E-state index contributed by atoms with van der Waals surface area (Å²) in [6.45, 7) is 4.33. The second-order valence-electron chi connectivity index (χ2n) is 6.48. The van der Waals surface area contributed by atoms with Crippen LogP contribution in [-0.2, 0) is 13.1 Å². The molecule has 0 saturated carbocycles. The lowest BCUT2D eigenvalue weighted by atomic mass is 10.0. The van der Waals surface area contributed by atoms with Crippen molar-refractivity contribution in [2.45, 2.75) is 45.3 Å². The summed E-state index contributed by atoms with van der Waals surface area (Å²) in [6, 6.07) is 7.79. The summed E-state index contributed by atoms with van der Waals surface area (Å²) in [5.74, 6) is 0.0739. The van der Waals surface area contributed by atoms with Crippen molar-refractivity contribution in [3.8, 4) is 0 Å². The van der Waals surface area contributed by atoms with E-state index in [2.05, 4.69) is 15.4 Å². The van der Waals surface area contributed by atoms with Crippen LogP contribution in [0.2, 0.25) is 0 Å². The molecule has 0 spiro atoms. The average molecular weight is 338 g/mol. The van der Waals surface area contributed by atoms with Gasteiger partial charge in [-0.15, -0.1) is 5.10 Å². The maximum atomic E-state index is 13.1. The third-order valence-corrected chi connectivity index (χ3v) is 4.91. The Hall–Kier alpha value is -2.70. The van der Waals surface area contributed by atoms with Crippen LogP contribution < -0.4 is 0 Å². The van der Waals surface area contributed by atoms with Crippen LogP contribution in [0.3, 0.4) is 0 Å². The third kappa shape index (κ3) is 3.01. The van der Waals surface area contributed by atoms with E-state index in [1.54, 1.807) is 6.20 Å². The molecule has 1 amide bonds. The predicted octanol–water partition coefficient (Wildman–Crippen LogP) is 2.34. The topological polar surface area (TPSA) is 68.8 Å². The Morgan fingerprint density at radius 2 is 2.24 bits per heavy atom. The monoisotopic (exact) mass is 338 g/mol. The lowest BCUT2D eigenvalue weighted by Crippen LogP contribution is -2.45. The van der Waals surface area contributed by atoms with Gasteiger partial charge in [0.25, 0.3) is 5.91 Å². The Kier molecular flexibility index (Phi) is 4.21. The zero-order valence-corrected chi connectivity index (χ0v) is 14.4. The summed E-state index contributed by atoms with van der Waals surface area (Å²) in [5.41, 5.74) is 2.42. The average Bonchev–Trinajstić information content (AvgIpc) is 3.30. The molecule has 25 heavy (non-hydrogen) atoms. The van der Waals surface area contributed by atoms with Crippen LogP contribution >= 0.6 is 0 Å². The summed E-state index contributed by atoms with van der Waals surface area (Å²) < 4.78 is 3.75. The molecule has 2 aromatic heterocycles. The SMILES string of the molecule is CCn1nnc2cc(C(=O)N3CCCC[C@@H]3Cn3cccn3)ccc21. The maximum Gasteiger partial charge on any atom is 0.254 e. The molecule has 1 atom stereocenters. The molecule has 1 aromatic carbocycles. The van der Waals surface area contributed by atoms with Crippen LogP contribution in [0.4, 0.5) is 0 Å². The van der Waals surface area contributed by atoms with Crippen LogP contribution in [0.25, 0.3) is 11.0 Å². The molecule has 3 heterocycles. The molecular weight excluding hydrogens is 316 g/mol. The molecule has 0 aliphatic carbocycles. The minimum Gasteiger partial charge on any atom is -0.334 e. The molecule has 1 fully saturated rings. The number of nitrogens with zero attached hydrogens (tertiary/aromatic N) is 6. The number of benzene rings is 1. The number of aromatic nitrogens is 5. The van der Waals surface area contributed by atoms with Gasteiger partial charge in [-0.2, -0.15) is 5.10 Å². The van der Waals surface area contributed by atoms with Crippen LogP contribution in [-0.4, -0.2) is 48.2 Å². The number of piperidine rings is 1. The van der Waals surface area contributed by atoms with Gasteiger partial charge in [0.15, 0.2) is 0 Å². The highest BCUT2D eigenvalue weighted by atomic mass is 16.2. The highest BCUT2D eigenvalue weighted by Gasteiger charge is 2.28. The second kappa shape index (κ2) is 6.66. The maximum absolute atomic E-state index is 13.1. The van der Waals surface area contributed by atoms with E-state index in [0.29, 0.717) is 5.56 Å². The van der Waals surface area contributed by atoms with E-state index in [9.17, 15) is 4.79 Å². The smallest absolute Gasteiger partial charge is 0.254 e. The lowest BCUT2D eigenvalue weighted by Gasteiger charge is -2.35. The van der Waals surface area contributed by atoms with Crippen LogP contribution in [0.15, 0.2) is 36.7 Å². The van der Waals surface area contributed by atoms with E-state index in [1.807, 2.05) is 51.6 Å². The quantitative estimate of drug-likeness (QED) is 0.732. The van der Waals surface area contributed by atoms with Gasteiger partial charge in [0.05, 0.1) is 18.1 Å². The van der Waals surface area contributed by atoms with Crippen molar-refractivity contribution >= 4 is 16.9 Å². The summed E-state index contributed by atoms with van der Waals surface area (Å²) in [7, 11) is 0. The van der Waals surface area contributed by atoms with Gasteiger partial charge in [0, 0.05) is 31.0 Å². The van der Waals surface area contributed by atoms with Gasteiger partial charge in [-0.3, -0.25) is 9.48 Å². The first-order valence-corrected chi connectivity index (χ1v) is 8.88. The van der Waals surface area contributed by atoms with Crippen molar-refractivity contribution < 1.29 is 4.79 Å². The molecule has 1 aliphatic rings. The van der Waals surface area contributed by atoms with Crippen LogP contribution in [0.1, 0.15) is 36.5 Å². The molecular formula is C18H22N6O. The fourth-order valence-corrected chi connectivity index (χ4v) is 3.59. The minimum atomic E-state index is 0.0739. The first-order chi connectivity index (χ1) is 12.3. The Labute approximate surface area is 146 Å². The van der Waals surface area contributed by atoms with Crippen molar-refractivity contribution in [2.24, 2.45) is 0 Å². The van der Waals surface area contributed by atoms with Crippen molar-refractivity contribution in [3.05, 3.63) is 42.2 Å². The Balaban J connectivity index is 1.59. The van der Waals surface area contributed by atoms with Gasteiger partial charge in [-0.25, -0.2) is 4.68 Å². The predicted molar refractivity (Wildman–Crippen MR) is 94.1 cm³/mol. The lowest BCUT2D eigenvalue weighted by molar-refractivity contribution is 0.0584. The summed E-state index contributed by atoms with van der Waals surface area (Å²) in [6.07, 6.45) is 6.95. The van der Waals surface area contributed by atoms with E-state index >= 15 is 0 Å². The molecule has 4 rings (SSSR count). The van der Waals surface area contributed by atoms with Crippen molar-refractivity contribution in [1.29, 1.82) is 0 Å². The standard InChI is InChI=1S/C18H22N6O/c1-2-24-17-8-7-14(12-16(17)20-21-24)18(25)23-11-4-3-6-15(23)13-22-10-5-9-19-22/h5,7-10,12,15H,2-4,6,11,13H2,1H3/t15-/m1/s1. The first kappa shape index (κ1) is 15.8. The number of hydrogen-bond acceptors (Lipinski definition) is 4. The number of rotatable bonds is 4. The highest BCUT2D eigenvalue weighted by Crippen LogP contribution is 2.22. The number of carbonyl (C=O) groups is 1. The molecule has 0 N–H and O–H groups in total. The summed E-state index contributed by atoms with van der Waals surface area (Å²) >= 11 is 0. The van der Waals surface area contributed by atoms with E-state index < -0.39 is 0 Å². The van der Waals surface area contributed by atoms with Gasteiger partial charge >= 0.3 is 0 Å². The van der Waals surface area contributed by atoms with E-state index in [4.69, 9.17) is 0 Å². The molecule has 130 valence electrons. The number of carbonyl (C=O) groups excluding carboxylic acids is 1. The molecule has 0 radical (unpaired) electrons. The van der Waals surface area contributed by atoms with E-state index in [1.165, 1.54) is 0 Å². The number of aryl methyl sites for hydroxylation is 1. The van der Waals surface area contributed by atoms with Gasteiger partial charge in [-0.1, -0.05) is 5.21 Å². The van der Waals surface area contributed by atoms with Crippen molar-refractivity contribution in [2.75, 3.05) is 6.54 Å². The molecule has 7 nitrogen and oxygen atoms in total. The normalized spacial score (nSPS) is 18.0. The largest absolute Gasteiger partial charge is 0.334 e. The van der Waals surface area contributed by atoms with Gasteiger partial charge < -0.3 is 4.90 Å². The number of amides is 1. The zero-order valence-electron chi connectivity index (χ0n) is 14.4. The second-order valence-corrected chi connectivity index (χ2v) is 6.48. The molecule has 7 heteroatoms. The van der Waals surface area contributed by atoms with Gasteiger partial charge in [-0.05, 0) is 50.5 Å². The number of hydrogen-bond donors (Lipinski definition) is 0. The Bertz CT molecular complexity index is 869. The van der Waals surface area contributed by atoms with E-state index in [-0.39, 0.29) is 11.9 Å². The summed E-state index contributed by atoms with van der Waals surface area (Å²) in [4.78, 5) is 15.1. The molecule has 0 unspecified atom stereocenters. The van der Waals surface area contributed by atoms with Crippen molar-refractivity contribution in [3.63, 3.8) is 0 Å². The van der Waals surface area contributed by atoms with Crippen molar-refractivity contribution in [1.82, 2.24) is 29.7 Å². The number of fused-ring (bicyclic) bond motifs is 1. The van der Waals surface area contributed by atoms with Gasteiger partial charge in [0.1, 0.15) is 5.52 Å². The number of likely N-dealkylation sites (tertiary alicyclic amines) is 1. The fourth-order valence-electron chi connectivity index (χ4n) is 3.59. The Morgan fingerprint density at radius 1 is 1.32 bits per heavy atom. The fraction of sp³-hybridized carbons (Fsp3) is 0.444. The zero-order chi connectivity index (χ0) is 17.2. The van der Waals surface area contributed by atoms with Gasteiger partial charge in [0.2, 0.25) is 0 Å². The van der Waals surface area contributed by atoms with Crippen LogP contribution in [0, 0.1) is 0 Å². The molecule has 1 saturated heterocycles. The van der Waals surface area contributed by atoms with Crippen LogP contribution in [0.5, 0.6) is 0 Å². The first-order valence-electron chi connectivity index (χ1n) is 8.88. The minimum absolute atomic E-state index is 0.0739. The Morgan fingerprint density at radius 3 is 3.04 bits per heavy atom. The third-order valence-electron chi connectivity index (χ3n) is 4.91. The molecule has 1 aliphatic heterocycles. The highest BCUT2D eigenvalue weighted by molar-refractivity contribution is 5.97. The van der Waals surface area contributed by atoms with E-state index in [0.717, 1.165) is 49.9 Å². The molecule has 3 aromatic rings. The molecule has 0 bridgehead atoms.